The van der Waals surface area contributed by atoms with E-state index in [1.165, 1.54) is 0 Å². The first-order valence-electron chi connectivity index (χ1n) is 5.98. The van der Waals surface area contributed by atoms with Crippen molar-refractivity contribution >= 4 is 27.5 Å². The number of hydrogen-bond acceptors (Lipinski definition) is 2. The highest BCUT2D eigenvalue weighted by Crippen LogP contribution is 2.18. The summed E-state index contributed by atoms with van der Waals surface area (Å²) in [4.78, 5) is 24.5. The van der Waals surface area contributed by atoms with E-state index < -0.39 is 5.92 Å². The number of halogens is 1. The van der Waals surface area contributed by atoms with Gasteiger partial charge in [0.1, 0.15) is 0 Å². The Kier molecular flexibility index (Phi) is 4.27. The Bertz CT molecular complexity index is 605. The molecule has 2 nitrogen and oxygen atoms in total. The maximum absolute atomic E-state index is 12.3. The fraction of sp³-hybridized carbons (Fsp3) is 0.125. The van der Waals surface area contributed by atoms with E-state index in [-0.39, 0.29) is 11.6 Å². The Morgan fingerprint density at radius 2 is 1.47 bits per heavy atom. The van der Waals surface area contributed by atoms with E-state index in [2.05, 4.69) is 15.9 Å². The van der Waals surface area contributed by atoms with Crippen molar-refractivity contribution in [3.05, 3.63) is 70.2 Å². The van der Waals surface area contributed by atoms with Gasteiger partial charge >= 0.3 is 0 Å². The van der Waals surface area contributed by atoms with Crippen LogP contribution in [0.2, 0.25) is 0 Å². The van der Waals surface area contributed by atoms with Crippen molar-refractivity contribution in [3.63, 3.8) is 0 Å². The number of rotatable bonds is 4. The third-order valence-corrected chi connectivity index (χ3v) is 3.45. The van der Waals surface area contributed by atoms with E-state index in [0.717, 1.165) is 4.47 Å². The standard InChI is InChI=1S/C16H13BrO2/c1-11(15(18)12-6-3-2-4-7-12)16(19)13-8-5-9-14(17)10-13/h2-11H,1H3. The van der Waals surface area contributed by atoms with Gasteiger partial charge in [-0.15, -0.1) is 0 Å². The second-order valence-corrected chi connectivity index (χ2v) is 5.24. The van der Waals surface area contributed by atoms with Gasteiger partial charge < -0.3 is 0 Å². The molecule has 3 heteroatoms. The molecule has 2 aromatic carbocycles. The summed E-state index contributed by atoms with van der Waals surface area (Å²) in [5, 5.41) is 0. The Balaban J connectivity index is 2.23. The summed E-state index contributed by atoms with van der Waals surface area (Å²) in [5.41, 5.74) is 1.12. The molecule has 19 heavy (non-hydrogen) atoms. The average molecular weight is 317 g/mol. The van der Waals surface area contributed by atoms with Crippen molar-refractivity contribution < 1.29 is 9.59 Å². The monoisotopic (exact) mass is 316 g/mol. The van der Waals surface area contributed by atoms with Gasteiger partial charge in [-0.25, -0.2) is 0 Å². The van der Waals surface area contributed by atoms with Crippen molar-refractivity contribution in [1.29, 1.82) is 0 Å². The Labute approximate surface area is 120 Å². The van der Waals surface area contributed by atoms with Crippen LogP contribution in [-0.2, 0) is 0 Å². The van der Waals surface area contributed by atoms with Gasteiger partial charge in [0.05, 0.1) is 5.92 Å². The highest BCUT2D eigenvalue weighted by atomic mass is 79.9. The van der Waals surface area contributed by atoms with Crippen molar-refractivity contribution in [1.82, 2.24) is 0 Å². The molecule has 96 valence electrons. The van der Waals surface area contributed by atoms with E-state index in [9.17, 15) is 9.59 Å². The van der Waals surface area contributed by atoms with Crippen molar-refractivity contribution in [2.24, 2.45) is 5.92 Å². The zero-order chi connectivity index (χ0) is 13.8. The van der Waals surface area contributed by atoms with Gasteiger partial charge in [-0.05, 0) is 19.1 Å². The average Bonchev–Trinajstić information content (AvgIpc) is 2.46. The summed E-state index contributed by atoms with van der Waals surface area (Å²) in [6, 6.07) is 16.0. The number of hydrogen-bond donors (Lipinski definition) is 0. The lowest BCUT2D eigenvalue weighted by atomic mass is 9.92. The molecule has 0 N–H and O–H groups in total. The third kappa shape index (κ3) is 3.18. The van der Waals surface area contributed by atoms with Crippen LogP contribution in [0.25, 0.3) is 0 Å². The summed E-state index contributed by atoms with van der Waals surface area (Å²) in [6.45, 7) is 1.65. The lowest BCUT2D eigenvalue weighted by Crippen LogP contribution is -2.21. The van der Waals surface area contributed by atoms with E-state index >= 15 is 0 Å². The van der Waals surface area contributed by atoms with Gasteiger partial charge in [0.15, 0.2) is 11.6 Å². The fourth-order valence-corrected chi connectivity index (χ4v) is 2.26. The molecule has 2 aromatic rings. The molecule has 1 unspecified atom stereocenters. The molecule has 0 spiro atoms. The van der Waals surface area contributed by atoms with Crippen LogP contribution in [0.3, 0.4) is 0 Å². The third-order valence-electron chi connectivity index (χ3n) is 2.95. The highest BCUT2D eigenvalue weighted by molar-refractivity contribution is 9.10. The number of carbonyl (C=O) groups excluding carboxylic acids is 2. The Morgan fingerprint density at radius 3 is 2.11 bits per heavy atom. The van der Waals surface area contributed by atoms with E-state index in [1.54, 1.807) is 49.4 Å². The summed E-state index contributed by atoms with van der Waals surface area (Å²) < 4.78 is 0.831. The van der Waals surface area contributed by atoms with Crippen LogP contribution in [0.1, 0.15) is 27.6 Å². The van der Waals surface area contributed by atoms with Gasteiger partial charge in [0.2, 0.25) is 0 Å². The van der Waals surface area contributed by atoms with Gasteiger partial charge in [-0.2, -0.15) is 0 Å². The summed E-state index contributed by atoms with van der Waals surface area (Å²) >= 11 is 3.32. The molecule has 0 amide bonds. The van der Waals surface area contributed by atoms with Gasteiger partial charge in [-0.3, -0.25) is 9.59 Å². The molecule has 0 aliphatic rings. The van der Waals surface area contributed by atoms with Crippen molar-refractivity contribution in [2.75, 3.05) is 0 Å². The molecule has 0 aliphatic heterocycles. The topological polar surface area (TPSA) is 34.1 Å². The van der Waals surface area contributed by atoms with E-state index in [4.69, 9.17) is 0 Å². The summed E-state index contributed by atoms with van der Waals surface area (Å²) in [6.07, 6.45) is 0. The number of carbonyl (C=O) groups is 2. The molecule has 0 saturated heterocycles. The second kappa shape index (κ2) is 5.93. The number of ketones is 2. The van der Waals surface area contributed by atoms with Gasteiger partial charge in [0, 0.05) is 15.6 Å². The van der Waals surface area contributed by atoms with Crippen LogP contribution in [0.5, 0.6) is 0 Å². The molecule has 0 aromatic heterocycles. The normalized spacial score (nSPS) is 11.9. The first-order valence-corrected chi connectivity index (χ1v) is 6.78. The molecule has 2 rings (SSSR count). The maximum atomic E-state index is 12.3. The highest BCUT2D eigenvalue weighted by Gasteiger charge is 2.23. The minimum atomic E-state index is -0.670. The van der Waals surface area contributed by atoms with Crippen LogP contribution in [0.4, 0.5) is 0 Å². The first-order chi connectivity index (χ1) is 9.09. The molecule has 0 bridgehead atoms. The molecule has 1 atom stereocenters. The molecule has 0 radical (unpaired) electrons. The Hall–Kier alpha value is -1.74. The van der Waals surface area contributed by atoms with Crippen LogP contribution < -0.4 is 0 Å². The van der Waals surface area contributed by atoms with E-state index in [0.29, 0.717) is 11.1 Å². The lowest BCUT2D eigenvalue weighted by Gasteiger charge is -2.10. The fourth-order valence-electron chi connectivity index (χ4n) is 1.86. The van der Waals surface area contributed by atoms with Crippen molar-refractivity contribution in [2.45, 2.75) is 6.92 Å². The lowest BCUT2D eigenvalue weighted by molar-refractivity contribution is 0.0820. The van der Waals surface area contributed by atoms with E-state index in [1.807, 2.05) is 12.1 Å². The van der Waals surface area contributed by atoms with Crippen LogP contribution in [-0.4, -0.2) is 11.6 Å². The molecule has 0 heterocycles. The zero-order valence-electron chi connectivity index (χ0n) is 10.5. The minimum Gasteiger partial charge on any atom is -0.293 e. The van der Waals surface area contributed by atoms with Gasteiger partial charge in [0.25, 0.3) is 0 Å². The van der Waals surface area contributed by atoms with Gasteiger partial charge in [-0.1, -0.05) is 58.4 Å². The summed E-state index contributed by atoms with van der Waals surface area (Å²) in [7, 11) is 0. The quantitative estimate of drug-likeness (QED) is 0.627. The van der Waals surface area contributed by atoms with Crippen LogP contribution in [0, 0.1) is 5.92 Å². The molecular formula is C16H13BrO2. The molecule has 0 fully saturated rings. The number of Topliss-reactive ketones (excluding diaryl/α,β-unsaturated/α-hetero) is 2. The molecule has 0 saturated carbocycles. The second-order valence-electron chi connectivity index (χ2n) is 4.33. The van der Waals surface area contributed by atoms with Crippen molar-refractivity contribution in [3.8, 4) is 0 Å². The predicted molar refractivity (Wildman–Crippen MR) is 78.4 cm³/mol. The maximum Gasteiger partial charge on any atom is 0.173 e. The molecule has 0 aliphatic carbocycles. The predicted octanol–water partition coefficient (Wildman–Crippen LogP) is 4.15. The summed E-state index contributed by atoms with van der Waals surface area (Å²) in [5.74, 6) is -0.975. The van der Waals surface area contributed by atoms with Crippen LogP contribution in [0.15, 0.2) is 59.1 Å². The Morgan fingerprint density at radius 1 is 0.895 bits per heavy atom. The smallest absolute Gasteiger partial charge is 0.173 e. The molecular weight excluding hydrogens is 304 g/mol. The minimum absolute atomic E-state index is 0.148. The van der Waals surface area contributed by atoms with Crippen LogP contribution >= 0.6 is 15.9 Å². The SMILES string of the molecule is CC(C(=O)c1ccccc1)C(=O)c1cccc(Br)c1. The zero-order valence-corrected chi connectivity index (χ0v) is 12.1. The number of benzene rings is 2. The first kappa shape index (κ1) is 13.7. The largest absolute Gasteiger partial charge is 0.293 e.